The lowest BCUT2D eigenvalue weighted by atomic mass is 10.2. The second kappa shape index (κ2) is 9.22. The van der Waals surface area contributed by atoms with Gasteiger partial charge in [0.15, 0.2) is 5.16 Å². The van der Waals surface area contributed by atoms with Gasteiger partial charge in [-0.3, -0.25) is 14.2 Å². The molecule has 1 amide bonds. The van der Waals surface area contributed by atoms with Crippen LogP contribution in [-0.2, 0) is 11.3 Å². The zero-order valence-corrected chi connectivity index (χ0v) is 19.5. The van der Waals surface area contributed by atoms with Crippen molar-refractivity contribution in [1.82, 2.24) is 14.5 Å². The third-order valence-corrected chi connectivity index (χ3v) is 6.50. The lowest BCUT2D eigenvalue weighted by Crippen LogP contribution is -2.28. The number of rotatable bonds is 6. The zero-order chi connectivity index (χ0) is 22.8. The van der Waals surface area contributed by atoms with Crippen LogP contribution in [0.4, 0.5) is 0 Å². The summed E-state index contributed by atoms with van der Waals surface area (Å²) >= 11 is 7.55. The highest BCUT2D eigenvalue weighted by Gasteiger charge is 2.18. The van der Waals surface area contributed by atoms with E-state index in [1.165, 1.54) is 16.3 Å². The fourth-order valence-electron chi connectivity index (χ4n) is 3.39. The molecule has 4 aromatic rings. The maximum atomic E-state index is 13.4. The molecule has 2 aromatic carbocycles. The van der Waals surface area contributed by atoms with Crippen LogP contribution in [-0.4, -0.2) is 33.2 Å². The van der Waals surface area contributed by atoms with E-state index in [2.05, 4.69) is 0 Å². The molecular weight excluding hydrogens is 446 g/mol. The predicted molar refractivity (Wildman–Crippen MR) is 128 cm³/mol. The molecule has 32 heavy (non-hydrogen) atoms. The topological polar surface area (TPSA) is 68.3 Å². The zero-order valence-electron chi connectivity index (χ0n) is 18.0. The van der Waals surface area contributed by atoms with Crippen LogP contribution in [0.3, 0.4) is 0 Å². The Kier molecular flexibility index (Phi) is 6.39. The Balaban J connectivity index is 1.67. The minimum atomic E-state index is -0.199. The summed E-state index contributed by atoms with van der Waals surface area (Å²) in [6.07, 6.45) is 0. The normalized spacial score (nSPS) is 11.1. The van der Waals surface area contributed by atoms with Gasteiger partial charge in [0.05, 0.1) is 28.9 Å². The minimum Gasteiger partial charge on any atom is -0.464 e. The van der Waals surface area contributed by atoms with Gasteiger partial charge in [0.25, 0.3) is 5.56 Å². The average Bonchev–Trinajstić information content (AvgIpc) is 3.19. The van der Waals surface area contributed by atoms with E-state index < -0.39 is 0 Å². The van der Waals surface area contributed by atoms with E-state index in [1.807, 2.05) is 44.2 Å². The van der Waals surface area contributed by atoms with Crippen molar-refractivity contribution in [2.75, 3.05) is 12.8 Å². The molecule has 8 heteroatoms. The maximum absolute atomic E-state index is 13.4. The second-order valence-electron chi connectivity index (χ2n) is 7.49. The monoisotopic (exact) mass is 467 g/mol. The molecule has 0 radical (unpaired) electrons. The number of thioether (sulfide) groups is 1. The van der Waals surface area contributed by atoms with Gasteiger partial charge in [0.2, 0.25) is 5.91 Å². The van der Waals surface area contributed by atoms with Crippen molar-refractivity contribution in [3.63, 3.8) is 0 Å². The molecule has 6 nitrogen and oxygen atoms in total. The Morgan fingerprint density at radius 1 is 1.12 bits per heavy atom. The molecule has 0 atom stereocenters. The Morgan fingerprint density at radius 2 is 1.91 bits per heavy atom. The van der Waals surface area contributed by atoms with Crippen molar-refractivity contribution >= 4 is 40.2 Å². The smallest absolute Gasteiger partial charge is 0.266 e. The number of hydrogen-bond donors (Lipinski definition) is 0. The third kappa shape index (κ3) is 4.45. The number of benzene rings is 2. The number of carbonyl (C=O) groups excluding carboxylic acids is 1. The number of nitrogens with zero attached hydrogens (tertiary/aromatic N) is 3. The molecule has 0 spiro atoms. The van der Waals surface area contributed by atoms with Gasteiger partial charge in [-0.1, -0.05) is 41.6 Å². The largest absolute Gasteiger partial charge is 0.464 e. The summed E-state index contributed by atoms with van der Waals surface area (Å²) in [5.74, 6) is 1.55. The van der Waals surface area contributed by atoms with E-state index in [0.717, 1.165) is 17.1 Å². The number of aryl methyl sites for hydroxylation is 1. The molecule has 0 aliphatic rings. The molecule has 0 N–H and O–H groups in total. The molecule has 0 unspecified atom stereocenters. The standard InChI is InChI=1S/C24H22ClN3O3S/c1-15-11-12-17(31-15)13-27(3)22(29)14-32-24-26-20-9-5-4-7-18(20)23(30)28(24)21-10-6-8-19(25)16(21)2/h4-12H,13-14H2,1-3H3. The molecule has 4 rings (SSSR count). The molecule has 0 aliphatic carbocycles. The number of para-hydroxylation sites is 1. The number of halogens is 1. The number of carbonyl (C=O) groups is 1. The van der Waals surface area contributed by atoms with Gasteiger partial charge in [0.1, 0.15) is 11.5 Å². The highest BCUT2D eigenvalue weighted by atomic mass is 35.5. The molecule has 164 valence electrons. The number of aromatic nitrogens is 2. The quantitative estimate of drug-likeness (QED) is 0.295. The molecule has 0 aliphatic heterocycles. The van der Waals surface area contributed by atoms with Crippen molar-refractivity contribution in [1.29, 1.82) is 0 Å². The van der Waals surface area contributed by atoms with Crippen molar-refractivity contribution in [2.45, 2.75) is 25.5 Å². The van der Waals surface area contributed by atoms with Crippen LogP contribution < -0.4 is 5.56 Å². The van der Waals surface area contributed by atoms with Crippen LogP contribution in [0, 0.1) is 13.8 Å². The summed E-state index contributed by atoms with van der Waals surface area (Å²) in [6, 6.07) is 16.3. The minimum absolute atomic E-state index is 0.0965. The Bertz CT molecular complexity index is 1360. The Labute approximate surface area is 194 Å². The number of amides is 1. The van der Waals surface area contributed by atoms with Crippen LogP contribution in [0.15, 0.2) is 69.0 Å². The first kappa shape index (κ1) is 22.2. The Morgan fingerprint density at radius 3 is 2.66 bits per heavy atom. The highest BCUT2D eigenvalue weighted by Crippen LogP contribution is 2.26. The first-order valence-electron chi connectivity index (χ1n) is 10.0. The summed E-state index contributed by atoms with van der Waals surface area (Å²) in [4.78, 5) is 32.5. The van der Waals surface area contributed by atoms with Crippen LogP contribution >= 0.6 is 23.4 Å². The fraction of sp³-hybridized carbons (Fsp3) is 0.208. The van der Waals surface area contributed by atoms with Crippen molar-refractivity contribution < 1.29 is 9.21 Å². The van der Waals surface area contributed by atoms with E-state index in [1.54, 1.807) is 36.2 Å². The highest BCUT2D eigenvalue weighted by molar-refractivity contribution is 7.99. The maximum Gasteiger partial charge on any atom is 0.266 e. The molecule has 0 saturated carbocycles. The van der Waals surface area contributed by atoms with Gasteiger partial charge in [0, 0.05) is 12.1 Å². The molecule has 0 saturated heterocycles. The van der Waals surface area contributed by atoms with Crippen LogP contribution in [0.5, 0.6) is 0 Å². The fourth-order valence-corrected chi connectivity index (χ4v) is 4.50. The van der Waals surface area contributed by atoms with Crippen LogP contribution in [0.2, 0.25) is 5.02 Å². The molecule has 0 fully saturated rings. The van der Waals surface area contributed by atoms with E-state index >= 15 is 0 Å². The first-order chi connectivity index (χ1) is 15.3. The van der Waals surface area contributed by atoms with E-state index in [0.29, 0.717) is 33.3 Å². The first-order valence-corrected chi connectivity index (χ1v) is 11.4. The summed E-state index contributed by atoms with van der Waals surface area (Å²) in [6.45, 7) is 4.10. The molecule has 2 heterocycles. The van der Waals surface area contributed by atoms with E-state index in [-0.39, 0.29) is 17.2 Å². The lowest BCUT2D eigenvalue weighted by molar-refractivity contribution is -0.127. The molecular formula is C24H22ClN3O3S. The summed E-state index contributed by atoms with van der Waals surface area (Å²) in [5.41, 5.74) is 1.81. The van der Waals surface area contributed by atoms with Crippen molar-refractivity contribution in [3.05, 3.63) is 87.1 Å². The average molecular weight is 468 g/mol. The number of hydrogen-bond acceptors (Lipinski definition) is 5. The predicted octanol–water partition coefficient (Wildman–Crippen LogP) is 5.00. The van der Waals surface area contributed by atoms with E-state index in [9.17, 15) is 9.59 Å². The van der Waals surface area contributed by atoms with Crippen molar-refractivity contribution in [2.24, 2.45) is 0 Å². The summed E-state index contributed by atoms with van der Waals surface area (Å²) in [7, 11) is 1.72. The van der Waals surface area contributed by atoms with Gasteiger partial charge in [-0.25, -0.2) is 4.98 Å². The molecule has 0 bridgehead atoms. The molecule has 2 aromatic heterocycles. The number of fused-ring (bicyclic) bond motifs is 1. The second-order valence-corrected chi connectivity index (χ2v) is 8.84. The van der Waals surface area contributed by atoms with Crippen LogP contribution in [0.1, 0.15) is 17.1 Å². The van der Waals surface area contributed by atoms with Crippen molar-refractivity contribution in [3.8, 4) is 5.69 Å². The van der Waals surface area contributed by atoms with Gasteiger partial charge in [-0.2, -0.15) is 0 Å². The Hall–Kier alpha value is -3.03. The SMILES string of the molecule is Cc1ccc(CN(C)C(=O)CSc2nc3ccccc3c(=O)n2-c2cccc(Cl)c2C)o1. The number of furan rings is 1. The van der Waals surface area contributed by atoms with Gasteiger partial charge < -0.3 is 9.32 Å². The van der Waals surface area contributed by atoms with E-state index in [4.69, 9.17) is 21.0 Å². The van der Waals surface area contributed by atoms with Gasteiger partial charge in [-0.05, 0) is 55.8 Å². The summed E-state index contributed by atoms with van der Waals surface area (Å²) < 4.78 is 7.10. The summed E-state index contributed by atoms with van der Waals surface area (Å²) in [5, 5.41) is 1.51. The lowest BCUT2D eigenvalue weighted by Gasteiger charge is -2.18. The van der Waals surface area contributed by atoms with Gasteiger partial charge in [-0.15, -0.1) is 0 Å². The van der Waals surface area contributed by atoms with Crippen LogP contribution in [0.25, 0.3) is 16.6 Å². The van der Waals surface area contributed by atoms with Gasteiger partial charge >= 0.3 is 0 Å². The third-order valence-electron chi connectivity index (χ3n) is 5.16.